The molecule has 1 atom stereocenters. The van der Waals surface area contributed by atoms with Crippen molar-refractivity contribution in [2.24, 2.45) is 0 Å². The molecule has 7 heteroatoms. The van der Waals surface area contributed by atoms with Gasteiger partial charge in [0.1, 0.15) is 12.4 Å². The van der Waals surface area contributed by atoms with E-state index in [1.807, 2.05) is 45.0 Å². The molecule has 2 aromatic carbocycles. The third kappa shape index (κ3) is 7.61. The van der Waals surface area contributed by atoms with Crippen LogP contribution >= 0.6 is 0 Å². The molecule has 1 fully saturated rings. The van der Waals surface area contributed by atoms with Crippen LogP contribution in [0.4, 0.5) is 11.4 Å². The summed E-state index contributed by atoms with van der Waals surface area (Å²) in [6.45, 7) is 7.29. The summed E-state index contributed by atoms with van der Waals surface area (Å²) in [5.41, 5.74) is 1.71. The van der Waals surface area contributed by atoms with E-state index in [1.165, 1.54) is 0 Å². The highest BCUT2D eigenvalue weighted by atomic mass is 16.5. The molecule has 1 aliphatic rings. The number of benzene rings is 2. The van der Waals surface area contributed by atoms with Crippen molar-refractivity contribution in [3.63, 3.8) is 0 Å². The maximum absolute atomic E-state index is 12.2. The van der Waals surface area contributed by atoms with Gasteiger partial charge < -0.3 is 25.4 Å². The molecule has 7 nitrogen and oxygen atoms in total. The van der Waals surface area contributed by atoms with Gasteiger partial charge in [-0.2, -0.15) is 0 Å². The lowest BCUT2D eigenvalue weighted by atomic mass is 10.1. The van der Waals surface area contributed by atoms with Gasteiger partial charge in [0.05, 0.1) is 12.6 Å². The van der Waals surface area contributed by atoms with Crippen molar-refractivity contribution in [1.29, 1.82) is 0 Å². The molecule has 0 aromatic heterocycles. The summed E-state index contributed by atoms with van der Waals surface area (Å²) in [5.74, 6) is 0.460. The highest BCUT2D eigenvalue weighted by molar-refractivity contribution is 5.96. The van der Waals surface area contributed by atoms with Gasteiger partial charge in [-0.05, 0) is 82.1 Å². The molecule has 0 saturated carbocycles. The van der Waals surface area contributed by atoms with Gasteiger partial charge >= 0.3 is 0 Å². The van der Waals surface area contributed by atoms with Crippen molar-refractivity contribution < 1.29 is 19.1 Å². The van der Waals surface area contributed by atoms with E-state index in [1.54, 1.807) is 24.3 Å². The molecule has 31 heavy (non-hydrogen) atoms. The smallest absolute Gasteiger partial charge is 0.251 e. The molecule has 3 N–H and O–H groups in total. The van der Waals surface area contributed by atoms with E-state index in [0.29, 0.717) is 17.9 Å². The van der Waals surface area contributed by atoms with Crippen LogP contribution in [-0.2, 0) is 9.53 Å². The zero-order valence-electron chi connectivity index (χ0n) is 18.4. The third-order valence-corrected chi connectivity index (χ3v) is 4.69. The Morgan fingerprint density at radius 3 is 2.32 bits per heavy atom. The van der Waals surface area contributed by atoms with Crippen LogP contribution in [-0.4, -0.2) is 43.2 Å². The van der Waals surface area contributed by atoms with Crippen LogP contribution in [0.2, 0.25) is 0 Å². The van der Waals surface area contributed by atoms with E-state index < -0.39 is 0 Å². The number of amides is 2. The van der Waals surface area contributed by atoms with E-state index in [-0.39, 0.29) is 30.0 Å². The number of anilines is 2. The van der Waals surface area contributed by atoms with Crippen molar-refractivity contribution in [1.82, 2.24) is 5.32 Å². The monoisotopic (exact) mass is 425 g/mol. The number of ether oxygens (including phenoxy) is 2. The van der Waals surface area contributed by atoms with Gasteiger partial charge in [0.25, 0.3) is 5.91 Å². The molecule has 166 valence electrons. The predicted molar refractivity (Wildman–Crippen MR) is 122 cm³/mol. The fourth-order valence-corrected chi connectivity index (χ4v) is 3.14. The summed E-state index contributed by atoms with van der Waals surface area (Å²) >= 11 is 0. The van der Waals surface area contributed by atoms with Crippen LogP contribution < -0.4 is 20.7 Å². The minimum absolute atomic E-state index is 0.127. The SMILES string of the molecule is CC(C)(C)NC(=O)c1ccc(NC(=O)CNc2ccc(OCC3CCCO3)cc2)cc1. The number of hydrogen-bond donors (Lipinski definition) is 3. The van der Waals surface area contributed by atoms with E-state index in [4.69, 9.17) is 9.47 Å². The Morgan fingerprint density at radius 1 is 1.03 bits per heavy atom. The van der Waals surface area contributed by atoms with E-state index in [2.05, 4.69) is 16.0 Å². The van der Waals surface area contributed by atoms with Gasteiger partial charge in [0.2, 0.25) is 5.91 Å². The highest BCUT2D eigenvalue weighted by Crippen LogP contribution is 2.18. The fraction of sp³-hybridized carbons (Fsp3) is 0.417. The second-order valence-corrected chi connectivity index (χ2v) is 8.65. The number of nitrogens with one attached hydrogen (secondary N) is 3. The van der Waals surface area contributed by atoms with Crippen molar-refractivity contribution in [3.05, 3.63) is 54.1 Å². The lowest BCUT2D eigenvalue weighted by Crippen LogP contribution is -2.40. The van der Waals surface area contributed by atoms with Crippen molar-refractivity contribution in [2.45, 2.75) is 45.3 Å². The average Bonchev–Trinajstić information content (AvgIpc) is 3.24. The minimum Gasteiger partial charge on any atom is -0.491 e. The maximum atomic E-state index is 12.2. The molecule has 2 amide bonds. The molecule has 1 heterocycles. The molecule has 2 aromatic rings. The van der Waals surface area contributed by atoms with Crippen LogP contribution in [0.5, 0.6) is 5.75 Å². The quantitative estimate of drug-likeness (QED) is 0.598. The number of carbonyl (C=O) groups is 2. The zero-order valence-corrected chi connectivity index (χ0v) is 18.4. The van der Waals surface area contributed by atoms with Crippen LogP contribution in [0.3, 0.4) is 0 Å². The topological polar surface area (TPSA) is 88.7 Å². The molecule has 1 saturated heterocycles. The first kappa shape index (κ1) is 22.6. The lowest BCUT2D eigenvalue weighted by molar-refractivity contribution is -0.114. The first-order valence-corrected chi connectivity index (χ1v) is 10.6. The van der Waals surface area contributed by atoms with Gasteiger partial charge in [-0.25, -0.2) is 0 Å². The normalized spacial score (nSPS) is 15.9. The van der Waals surface area contributed by atoms with E-state index >= 15 is 0 Å². The fourth-order valence-electron chi connectivity index (χ4n) is 3.14. The van der Waals surface area contributed by atoms with E-state index in [0.717, 1.165) is 30.9 Å². The van der Waals surface area contributed by atoms with Gasteiger partial charge in [-0.1, -0.05) is 0 Å². The van der Waals surface area contributed by atoms with Crippen molar-refractivity contribution in [2.75, 3.05) is 30.4 Å². The van der Waals surface area contributed by atoms with E-state index in [9.17, 15) is 9.59 Å². The molecular weight excluding hydrogens is 394 g/mol. The third-order valence-electron chi connectivity index (χ3n) is 4.69. The second-order valence-electron chi connectivity index (χ2n) is 8.65. The summed E-state index contributed by atoms with van der Waals surface area (Å²) in [5, 5.41) is 8.81. The minimum atomic E-state index is -0.301. The summed E-state index contributed by atoms with van der Waals surface area (Å²) < 4.78 is 11.3. The first-order chi connectivity index (χ1) is 14.8. The van der Waals surface area contributed by atoms with Crippen LogP contribution in [0.15, 0.2) is 48.5 Å². The highest BCUT2D eigenvalue weighted by Gasteiger charge is 2.16. The number of rotatable bonds is 8. The summed E-state index contributed by atoms with van der Waals surface area (Å²) in [7, 11) is 0. The Kier molecular flexibility index (Phi) is 7.52. The molecule has 1 unspecified atom stereocenters. The first-order valence-electron chi connectivity index (χ1n) is 10.6. The zero-order chi connectivity index (χ0) is 22.3. The maximum Gasteiger partial charge on any atom is 0.251 e. The second kappa shape index (κ2) is 10.3. The van der Waals surface area contributed by atoms with Crippen molar-refractivity contribution in [3.8, 4) is 5.75 Å². The van der Waals surface area contributed by atoms with Crippen molar-refractivity contribution >= 4 is 23.2 Å². The predicted octanol–water partition coefficient (Wildman–Crippen LogP) is 3.82. The molecule has 0 radical (unpaired) electrons. The van der Waals surface area contributed by atoms with Crippen LogP contribution in [0.1, 0.15) is 44.0 Å². The average molecular weight is 426 g/mol. The largest absolute Gasteiger partial charge is 0.491 e. The Hall–Kier alpha value is -3.06. The summed E-state index contributed by atoms with van der Waals surface area (Å²) in [4.78, 5) is 24.4. The standard InChI is InChI=1S/C24H31N3O4/c1-24(2,3)27-23(29)17-6-8-19(9-7-17)26-22(28)15-25-18-10-12-20(13-11-18)31-16-21-5-4-14-30-21/h6-13,21,25H,4-5,14-16H2,1-3H3,(H,26,28)(H,27,29). The molecule has 3 rings (SSSR count). The van der Waals surface area contributed by atoms with Gasteiger partial charge in [-0.3, -0.25) is 9.59 Å². The van der Waals surface area contributed by atoms with Gasteiger partial charge in [0.15, 0.2) is 0 Å². The Labute approximate surface area is 183 Å². The Balaban J connectivity index is 1.41. The lowest BCUT2D eigenvalue weighted by Gasteiger charge is -2.20. The van der Waals surface area contributed by atoms with Gasteiger partial charge in [0, 0.05) is 29.1 Å². The Bertz CT molecular complexity index is 867. The molecule has 0 spiro atoms. The van der Waals surface area contributed by atoms with Crippen LogP contribution in [0.25, 0.3) is 0 Å². The number of carbonyl (C=O) groups excluding carboxylic acids is 2. The van der Waals surface area contributed by atoms with Crippen LogP contribution in [0, 0.1) is 0 Å². The van der Waals surface area contributed by atoms with Gasteiger partial charge in [-0.15, -0.1) is 0 Å². The molecule has 0 bridgehead atoms. The summed E-state index contributed by atoms with van der Waals surface area (Å²) in [6, 6.07) is 14.3. The molecule has 1 aliphatic heterocycles. The summed E-state index contributed by atoms with van der Waals surface area (Å²) in [6.07, 6.45) is 2.32. The molecule has 0 aliphatic carbocycles. The number of hydrogen-bond acceptors (Lipinski definition) is 5. The Morgan fingerprint density at radius 2 is 1.71 bits per heavy atom. The molecular formula is C24H31N3O4.